The van der Waals surface area contributed by atoms with Gasteiger partial charge in [-0.05, 0) is 92.6 Å². The van der Waals surface area contributed by atoms with Crippen molar-refractivity contribution < 1.29 is 28.6 Å². The number of rotatable bonds is 11. The van der Waals surface area contributed by atoms with E-state index in [0.29, 0.717) is 28.6 Å². The lowest BCUT2D eigenvalue weighted by atomic mass is 9.99. The lowest BCUT2D eigenvalue weighted by Gasteiger charge is -2.39. The van der Waals surface area contributed by atoms with Crippen LogP contribution in [0, 0.1) is 22.6 Å². The lowest BCUT2D eigenvalue weighted by molar-refractivity contribution is -0.128. The highest BCUT2D eigenvalue weighted by molar-refractivity contribution is 6.10. The summed E-state index contributed by atoms with van der Waals surface area (Å²) < 4.78 is 27.3. The van der Waals surface area contributed by atoms with Crippen LogP contribution in [0.5, 0.6) is 11.5 Å². The van der Waals surface area contributed by atoms with E-state index in [9.17, 15) is 14.7 Å². The third-order valence-corrected chi connectivity index (χ3v) is 9.19. The molecule has 0 saturated carbocycles. The van der Waals surface area contributed by atoms with E-state index in [4.69, 9.17) is 20.3 Å². The summed E-state index contributed by atoms with van der Waals surface area (Å²) in [5.74, 6) is -0.810. The van der Waals surface area contributed by atoms with Crippen molar-refractivity contribution in [3.05, 3.63) is 71.1 Å². The Morgan fingerprint density at radius 3 is 2.43 bits per heavy atom. The third kappa shape index (κ3) is 8.91. The van der Waals surface area contributed by atoms with Gasteiger partial charge in [0.2, 0.25) is 5.91 Å². The molecule has 3 heterocycles. The van der Waals surface area contributed by atoms with Crippen LogP contribution in [-0.2, 0) is 16.1 Å². The molecule has 0 aromatic heterocycles. The van der Waals surface area contributed by atoms with Gasteiger partial charge in [0.25, 0.3) is 5.91 Å². The molecule has 3 saturated heterocycles. The molecule has 252 valence electrons. The number of piperidine rings is 1. The number of amides is 2. The summed E-state index contributed by atoms with van der Waals surface area (Å²) in [6.45, 7) is 8.81. The predicted octanol–water partition coefficient (Wildman–Crippen LogP) is 5.07. The number of hydrogen-bond acceptors (Lipinski definition) is 8. The Morgan fingerprint density at radius 2 is 1.81 bits per heavy atom. The number of aliphatic hydroxyl groups is 1. The Kier molecular flexibility index (Phi) is 10.9. The number of halogens is 1. The monoisotopic (exact) mass is 647 g/mol. The molecule has 3 fully saturated rings. The van der Waals surface area contributed by atoms with Gasteiger partial charge in [-0.3, -0.25) is 9.59 Å². The Morgan fingerprint density at radius 1 is 1.13 bits per heavy atom. The summed E-state index contributed by atoms with van der Waals surface area (Å²) in [5.41, 5.74) is 0.322. The van der Waals surface area contributed by atoms with Gasteiger partial charge < -0.3 is 40.5 Å². The van der Waals surface area contributed by atoms with Gasteiger partial charge in [-0.2, -0.15) is 0 Å². The van der Waals surface area contributed by atoms with Gasteiger partial charge in [-0.1, -0.05) is 13.8 Å². The van der Waals surface area contributed by atoms with Gasteiger partial charge in [-0.25, -0.2) is 4.39 Å². The van der Waals surface area contributed by atoms with Gasteiger partial charge in [0.1, 0.15) is 17.3 Å². The average molecular weight is 648 g/mol. The van der Waals surface area contributed by atoms with E-state index in [-0.39, 0.29) is 54.4 Å². The van der Waals surface area contributed by atoms with Gasteiger partial charge in [0.05, 0.1) is 23.3 Å². The number of carbonyl (C=O) groups is 2. The first-order valence-corrected chi connectivity index (χ1v) is 16.5. The molecule has 0 aliphatic carbocycles. The Bertz CT molecular complexity index is 1510. The van der Waals surface area contributed by atoms with E-state index < -0.39 is 17.3 Å². The number of benzene rings is 2. The molecule has 2 aromatic carbocycles. The molecule has 2 amide bonds. The molecule has 1 unspecified atom stereocenters. The molecule has 2 aromatic rings. The van der Waals surface area contributed by atoms with Gasteiger partial charge in [0.15, 0.2) is 0 Å². The minimum Gasteiger partial charge on any atom is -0.457 e. The van der Waals surface area contributed by atoms with Crippen LogP contribution in [0.4, 0.5) is 4.39 Å². The van der Waals surface area contributed by atoms with Crippen molar-refractivity contribution in [2.24, 2.45) is 5.92 Å². The minimum atomic E-state index is -1.18. The number of ether oxygens (including phenoxy) is 2. The maximum atomic E-state index is 15.6. The van der Waals surface area contributed by atoms with E-state index >= 15 is 4.39 Å². The maximum Gasteiger partial charge on any atom is 0.254 e. The van der Waals surface area contributed by atoms with Crippen molar-refractivity contribution in [3.63, 3.8) is 0 Å². The zero-order valence-electron chi connectivity index (χ0n) is 27.5. The fourth-order valence-corrected chi connectivity index (χ4v) is 6.34. The number of allylic oxidation sites excluding steroid dienone is 2. The zero-order valence-corrected chi connectivity index (χ0v) is 27.5. The first-order valence-electron chi connectivity index (χ1n) is 16.5. The highest BCUT2D eigenvalue weighted by Crippen LogP contribution is 2.32. The molecule has 1 atom stereocenters. The molecule has 0 spiro atoms. The van der Waals surface area contributed by atoms with E-state index in [0.717, 1.165) is 52.0 Å². The number of hydrogen-bond donors (Lipinski definition) is 4. The molecular formula is C36H46FN5O5. The zero-order chi connectivity index (χ0) is 33.7. The predicted molar refractivity (Wildman–Crippen MR) is 178 cm³/mol. The van der Waals surface area contributed by atoms with Crippen LogP contribution in [0.25, 0.3) is 0 Å². The van der Waals surface area contributed by atoms with Crippen molar-refractivity contribution in [2.45, 2.75) is 77.1 Å². The molecule has 0 bridgehead atoms. The SMILES string of the molecule is CC(C)C(=N)/C=C\C(=N)c1ccc(Oc2cc(C(=O)NC3CCN(C4CCOCC4)CC3)c(F)cc2CN2CC(C)(O)CC2=O)cc1. The fraction of sp³-hybridized carbons (Fsp3) is 0.500. The van der Waals surface area contributed by atoms with E-state index in [1.54, 1.807) is 43.3 Å². The van der Waals surface area contributed by atoms with Gasteiger partial charge >= 0.3 is 0 Å². The van der Waals surface area contributed by atoms with Gasteiger partial charge in [-0.15, -0.1) is 0 Å². The number of likely N-dealkylation sites (tertiary alicyclic amines) is 2. The summed E-state index contributed by atoms with van der Waals surface area (Å²) in [6, 6.07) is 9.83. The van der Waals surface area contributed by atoms with Crippen LogP contribution in [-0.4, -0.2) is 88.7 Å². The summed E-state index contributed by atoms with van der Waals surface area (Å²) in [5, 5.41) is 29.8. The number of β-amino-alcohol motifs (C(OH)–C–C–N with tert-alkyl or cyclic N) is 1. The van der Waals surface area contributed by atoms with Gasteiger partial charge in [0, 0.05) is 62.8 Å². The molecule has 3 aliphatic heterocycles. The number of carbonyl (C=O) groups excluding carboxylic acids is 2. The molecule has 10 nitrogen and oxygen atoms in total. The van der Waals surface area contributed by atoms with Crippen molar-refractivity contribution in [2.75, 3.05) is 32.8 Å². The first-order chi connectivity index (χ1) is 22.4. The van der Waals surface area contributed by atoms with Crippen molar-refractivity contribution in [1.29, 1.82) is 10.8 Å². The van der Waals surface area contributed by atoms with Crippen LogP contribution in [0.1, 0.15) is 74.4 Å². The highest BCUT2D eigenvalue weighted by Gasteiger charge is 2.38. The largest absolute Gasteiger partial charge is 0.457 e. The lowest BCUT2D eigenvalue weighted by Crippen LogP contribution is -2.49. The normalized spacial score (nSPS) is 21.5. The van der Waals surface area contributed by atoms with E-state index in [1.165, 1.54) is 17.0 Å². The van der Waals surface area contributed by atoms with Crippen LogP contribution >= 0.6 is 0 Å². The van der Waals surface area contributed by atoms with Crippen molar-refractivity contribution in [3.8, 4) is 11.5 Å². The third-order valence-electron chi connectivity index (χ3n) is 9.19. The van der Waals surface area contributed by atoms with Crippen LogP contribution < -0.4 is 10.1 Å². The van der Waals surface area contributed by atoms with E-state index in [1.807, 2.05) is 13.8 Å². The first kappa shape index (κ1) is 34.4. The molecular weight excluding hydrogens is 601 g/mol. The molecule has 3 aliphatic rings. The summed E-state index contributed by atoms with van der Waals surface area (Å²) in [4.78, 5) is 29.9. The highest BCUT2D eigenvalue weighted by atomic mass is 19.1. The summed E-state index contributed by atoms with van der Waals surface area (Å²) in [6.07, 6.45) is 6.75. The maximum absolute atomic E-state index is 15.6. The molecule has 47 heavy (non-hydrogen) atoms. The fourth-order valence-electron chi connectivity index (χ4n) is 6.34. The topological polar surface area (TPSA) is 139 Å². The van der Waals surface area contributed by atoms with Crippen molar-refractivity contribution >= 4 is 23.2 Å². The Labute approximate surface area is 275 Å². The smallest absolute Gasteiger partial charge is 0.254 e. The minimum absolute atomic E-state index is 0.00311. The van der Waals surface area contributed by atoms with Crippen molar-refractivity contribution in [1.82, 2.24) is 15.1 Å². The second-order valence-electron chi connectivity index (χ2n) is 13.5. The molecule has 0 radical (unpaired) electrons. The molecule has 11 heteroatoms. The standard InChI is InChI=1S/C36H46FN5O5/c1-23(2)31(38)8-9-32(39)24-4-6-28(7-5-24)47-33-19-29(30(37)18-25(33)21-42-22-36(3,45)20-34(42)43)35(44)40-26-10-14-41(15-11-26)27-12-16-46-17-13-27/h4-9,18-19,23,26-27,38-39,45H,10-17,20-22H2,1-3H3,(H,40,44)/b9-8-,38-31?,39-32?. The summed E-state index contributed by atoms with van der Waals surface area (Å²) >= 11 is 0. The summed E-state index contributed by atoms with van der Waals surface area (Å²) in [7, 11) is 0. The van der Waals surface area contributed by atoms with Crippen LogP contribution in [0.3, 0.4) is 0 Å². The quantitative estimate of drug-likeness (QED) is 0.251. The molecule has 4 N–H and O–H groups in total. The Hall–Kier alpha value is -3.93. The second-order valence-corrected chi connectivity index (χ2v) is 13.5. The molecule has 5 rings (SSSR count). The number of nitrogens with one attached hydrogen (secondary N) is 3. The Balaban J connectivity index is 1.32. The average Bonchev–Trinajstić information content (AvgIpc) is 3.31. The van der Waals surface area contributed by atoms with Crippen LogP contribution in [0.15, 0.2) is 48.6 Å². The second kappa shape index (κ2) is 14.9. The van der Waals surface area contributed by atoms with Crippen LogP contribution in [0.2, 0.25) is 0 Å². The number of nitrogens with zero attached hydrogens (tertiary/aromatic N) is 2. The van der Waals surface area contributed by atoms with E-state index in [2.05, 4.69) is 10.2 Å².